The average Bonchev–Trinajstić information content (AvgIpc) is 2.98. The summed E-state index contributed by atoms with van der Waals surface area (Å²) in [6.07, 6.45) is 4.53. The van der Waals surface area contributed by atoms with E-state index < -0.39 is 0 Å². The Balaban J connectivity index is 1.60. The molecule has 0 spiro atoms. The second-order valence-corrected chi connectivity index (χ2v) is 8.64. The molecule has 6 heteroatoms. The lowest BCUT2D eigenvalue weighted by Crippen LogP contribution is -2.28. The van der Waals surface area contributed by atoms with Crippen LogP contribution >= 0.6 is 11.3 Å². The molecule has 0 saturated carbocycles. The highest BCUT2D eigenvalue weighted by molar-refractivity contribution is 7.18. The lowest BCUT2D eigenvalue weighted by Gasteiger charge is -2.17. The van der Waals surface area contributed by atoms with Gasteiger partial charge in [0.1, 0.15) is 11.4 Å². The van der Waals surface area contributed by atoms with E-state index in [1.54, 1.807) is 11.3 Å². The first-order valence-corrected chi connectivity index (χ1v) is 10.1. The van der Waals surface area contributed by atoms with Crippen molar-refractivity contribution in [1.29, 1.82) is 0 Å². The highest BCUT2D eigenvalue weighted by Crippen LogP contribution is 2.35. The zero-order chi connectivity index (χ0) is 19.1. The number of aryl methyl sites for hydroxylation is 3. The molecule has 5 nitrogen and oxygen atoms in total. The van der Waals surface area contributed by atoms with Crippen molar-refractivity contribution >= 4 is 33.1 Å². The molecule has 1 aliphatic carbocycles. The van der Waals surface area contributed by atoms with Gasteiger partial charge in [-0.1, -0.05) is 13.0 Å². The Morgan fingerprint density at radius 3 is 2.93 bits per heavy atom. The number of fused-ring (bicyclic) bond motifs is 3. The third-order valence-electron chi connectivity index (χ3n) is 5.39. The van der Waals surface area contributed by atoms with Gasteiger partial charge >= 0.3 is 0 Å². The number of nitrogens with one attached hydrogen (secondary N) is 1. The largest absolute Gasteiger partial charge is 0.325 e. The number of thiophene rings is 1. The van der Waals surface area contributed by atoms with Crippen molar-refractivity contribution < 1.29 is 4.79 Å². The molecular formula is C21H23N3O2S. The first-order valence-electron chi connectivity index (χ1n) is 9.29. The van der Waals surface area contributed by atoms with Crippen LogP contribution in [-0.4, -0.2) is 15.5 Å². The van der Waals surface area contributed by atoms with Crippen molar-refractivity contribution in [3.8, 4) is 0 Å². The highest BCUT2D eigenvalue weighted by atomic mass is 32.1. The van der Waals surface area contributed by atoms with E-state index in [9.17, 15) is 9.59 Å². The Morgan fingerprint density at radius 1 is 1.33 bits per heavy atom. The average molecular weight is 382 g/mol. The molecule has 0 aliphatic heterocycles. The minimum Gasteiger partial charge on any atom is -0.325 e. The van der Waals surface area contributed by atoms with Crippen LogP contribution in [0.3, 0.4) is 0 Å². The smallest absolute Gasteiger partial charge is 0.262 e. The number of carbonyl (C=O) groups is 1. The monoisotopic (exact) mass is 381 g/mol. The van der Waals surface area contributed by atoms with E-state index in [2.05, 4.69) is 17.2 Å². The molecule has 3 aromatic rings. The summed E-state index contributed by atoms with van der Waals surface area (Å²) in [5.74, 6) is 0.427. The lowest BCUT2D eigenvalue weighted by molar-refractivity contribution is -0.116. The molecule has 0 bridgehead atoms. The number of amides is 1. The Morgan fingerprint density at radius 2 is 2.15 bits per heavy atom. The fourth-order valence-electron chi connectivity index (χ4n) is 3.65. The van der Waals surface area contributed by atoms with Gasteiger partial charge in [0.25, 0.3) is 5.56 Å². The number of anilines is 1. The number of hydrogen-bond acceptors (Lipinski definition) is 4. The topological polar surface area (TPSA) is 64.0 Å². The summed E-state index contributed by atoms with van der Waals surface area (Å²) in [5, 5.41) is 3.58. The molecule has 0 unspecified atom stereocenters. The van der Waals surface area contributed by atoms with E-state index in [4.69, 9.17) is 0 Å². The fourth-order valence-corrected chi connectivity index (χ4v) is 4.99. The molecule has 0 fully saturated rings. The van der Waals surface area contributed by atoms with Gasteiger partial charge < -0.3 is 5.32 Å². The van der Waals surface area contributed by atoms with Crippen LogP contribution in [0.2, 0.25) is 0 Å². The third-order valence-corrected chi connectivity index (χ3v) is 6.55. The number of benzene rings is 1. The highest BCUT2D eigenvalue weighted by Gasteiger charge is 2.23. The molecule has 1 N–H and O–H groups in total. The van der Waals surface area contributed by atoms with Crippen molar-refractivity contribution in [1.82, 2.24) is 9.55 Å². The van der Waals surface area contributed by atoms with Crippen molar-refractivity contribution in [2.24, 2.45) is 5.92 Å². The molecule has 1 aromatic carbocycles. The van der Waals surface area contributed by atoms with Crippen LogP contribution in [0.4, 0.5) is 5.69 Å². The van der Waals surface area contributed by atoms with Gasteiger partial charge in [0.15, 0.2) is 0 Å². The summed E-state index contributed by atoms with van der Waals surface area (Å²) in [7, 11) is 0. The van der Waals surface area contributed by atoms with E-state index in [1.807, 2.05) is 32.0 Å². The molecule has 0 saturated heterocycles. The summed E-state index contributed by atoms with van der Waals surface area (Å²) in [6, 6.07) is 5.79. The maximum atomic E-state index is 13.0. The number of aromatic nitrogens is 2. The van der Waals surface area contributed by atoms with E-state index >= 15 is 0 Å². The minimum absolute atomic E-state index is 0.0320. The van der Waals surface area contributed by atoms with Crippen LogP contribution in [0.15, 0.2) is 29.3 Å². The molecule has 2 heterocycles. The predicted molar refractivity (Wildman–Crippen MR) is 110 cm³/mol. The van der Waals surface area contributed by atoms with Crippen molar-refractivity contribution in [2.75, 3.05) is 5.32 Å². The second kappa shape index (κ2) is 6.93. The predicted octanol–water partition coefficient (Wildman–Crippen LogP) is 3.84. The normalized spacial score (nSPS) is 16.3. The van der Waals surface area contributed by atoms with Gasteiger partial charge in [0, 0.05) is 10.6 Å². The molecule has 0 radical (unpaired) electrons. The molecule has 1 atom stereocenters. The van der Waals surface area contributed by atoms with Gasteiger partial charge in [-0.05, 0) is 67.9 Å². The summed E-state index contributed by atoms with van der Waals surface area (Å²) >= 11 is 1.63. The van der Waals surface area contributed by atoms with Gasteiger partial charge in [-0.2, -0.15) is 0 Å². The Hall–Kier alpha value is -2.47. The zero-order valence-electron chi connectivity index (χ0n) is 15.8. The molecule has 4 rings (SSSR count). The Bertz CT molecular complexity index is 1100. The zero-order valence-corrected chi connectivity index (χ0v) is 16.7. The first-order chi connectivity index (χ1) is 12.9. The van der Waals surface area contributed by atoms with Crippen LogP contribution in [-0.2, 0) is 24.2 Å². The summed E-state index contributed by atoms with van der Waals surface area (Å²) in [4.78, 5) is 32.0. The molecule has 1 amide bonds. The third kappa shape index (κ3) is 3.41. The second-order valence-electron chi connectivity index (χ2n) is 7.56. The summed E-state index contributed by atoms with van der Waals surface area (Å²) in [5.41, 5.74) is 4.08. The van der Waals surface area contributed by atoms with Crippen LogP contribution < -0.4 is 10.9 Å². The Kier molecular flexibility index (Phi) is 4.60. The van der Waals surface area contributed by atoms with E-state index in [0.29, 0.717) is 11.3 Å². The molecule has 2 aromatic heterocycles. The van der Waals surface area contributed by atoms with Gasteiger partial charge in [-0.3, -0.25) is 14.2 Å². The molecular weight excluding hydrogens is 358 g/mol. The van der Waals surface area contributed by atoms with Crippen molar-refractivity contribution in [3.63, 3.8) is 0 Å². The number of rotatable bonds is 3. The number of nitrogens with zero attached hydrogens (tertiary/aromatic N) is 2. The number of carbonyl (C=O) groups excluding carboxylic acids is 1. The quantitative estimate of drug-likeness (QED) is 0.750. The van der Waals surface area contributed by atoms with Crippen LogP contribution in [0.1, 0.15) is 34.9 Å². The maximum absolute atomic E-state index is 13.0. The summed E-state index contributed by atoms with van der Waals surface area (Å²) < 4.78 is 1.42. The Labute approximate surface area is 162 Å². The van der Waals surface area contributed by atoms with Crippen molar-refractivity contribution in [3.05, 3.63) is 56.4 Å². The van der Waals surface area contributed by atoms with Crippen LogP contribution in [0.25, 0.3) is 10.2 Å². The number of hydrogen-bond donors (Lipinski definition) is 1. The standard InChI is InChI=1S/C21H23N3O2S/c1-12-4-7-16-17(8-12)27-20-19(16)21(26)24(11-22-20)10-18(25)23-15-6-5-13(2)14(3)9-15/h5-6,9,11-12H,4,7-8,10H2,1-3H3,(H,23,25)/t12-/m0/s1. The lowest BCUT2D eigenvalue weighted by atomic mass is 9.89. The van der Waals surface area contributed by atoms with Crippen LogP contribution in [0, 0.1) is 19.8 Å². The fraction of sp³-hybridized carbons (Fsp3) is 0.381. The van der Waals surface area contributed by atoms with E-state index in [0.717, 1.165) is 40.9 Å². The van der Waals surface area contributed by atoms with Gasteiger partial charge in [-0.15, -0.1) is 11.3 Å². The maximum Gasteiger partial charge on any atom is 0.262 e. The van der Waals surface area contributed by atoms with Gasteiger partial charge in [-0.25, -0.2) is 4.98 Å². The van der Waals surface area contributed by atoms with E-state index in [1.165, 1.54) is 21.3 Å². The van der Waals surface area contributed by atoms with E-state index in [-0.39, 0.29) is 18.0 Å². The molecule has 140 valence electrons. The van der Waals surface area contributed by atoms with Gasteiger partial charge in [0.2, 0.25) is 5.91 Å². The SMILES string of the molecule is Cc1ccc(NC(=O)Cn2cnc3sc4c(c3c2=O)CC[C@H](C)C4)cc1C. The van der Waals surface area contributed by atoms with Gasteiger partial charge in [0.05, 0.1) is 11.7 Å². The van der Waals surface area contributed by atoms with Crippen molar-refractivity contribution in [2.45, 2.75) is 46.6 Å². The minimum atomic E-state index is -0.223. The summed E-state index contributed by atoms with van der Waals surface area (Å²) in [6.45, 7) is 6.25. The first kappa shape index (κ1) is 17.9. The molecule has 27 heavy (non-hydrogen) atoms. The molecule has 1 aliphatic rings. The van der Waals surface area contributed by atoms with Crippen LogP contribution in [0.5, 0.6) is 0 Å².